The van der Waals surface area contributed by atoms with E-state index in [0.717, 1.165) is 49.6 Å². The van der Waals surface area contributed by atoms with Gasteiger partial charge in [-0.3, -0.25) is 4.90 Å². The van der Waals surface area contributed by atoms with Gasteiger partial charge < -0.3 is 15.0 Å². The number of aromatic nitrogens is 3. The number of hydrogen-bond acceptors (Lipinski definition) is 5. The van der Waals surface area contributed by atoms with E-state index >= 15 is 0 Å². The molecule has 2 aromatic heterocycles. The van der Waals surface area contributed by atoms with Crippen LogP contribution in [0.5, 0.6) is 0 Å². The van der Waals surface area contributed by atoms with Gasteiger partial charge in [-0.15, -0.1) is 0 Å². The molecular formula is C23H21F2N5O2. The lowest BCUT2D eigenvalue weighted by atomic mass is 10.1. The Kier molecular flexibility index (Phi) is 5.18. The van der Waals surface area contributed by atoms with Crippen LogP contribution in [0.4, 0.5) is 14.6 Å². The maximum Gasteiger partial charge on any atom is 0.336 e. The zero-order chi connectivity index (χ0) is 22.2. The predicted octanol–water partition coefficient (Wildman–Crippen LogP) is 3.45. The van der Waals surface area contributed by atoms with Crippen molar-refractivity contribution in [3.05, 3.63) is 65.5 Å². The summed E-state index contributed by atoms with van der Waals surface area (Å²) in [4.78, 5) is 28.2. The molecule has 4 aromatic rings. The molecule has 0 unspecified atom stereocenters. The molecule has 2 aromatic carbocycles. The number of halogens is 2. The Bertz CT molecular complexity index is 1310. The fraction of sp³-hybridized carbons (Fsp3) is 0.261. The van der Waals surface area contributed by atoms with Crippen molar-refractivity contribution in [3.63, 3.8) is 0 Å². The van der Waals surface area contributed by atoms with E-state index in [-0.39, 0.29) is 5.56 Å². The monoisotopic (exact) mass is 437 g/mol. The molecule has 1 aliphatic heterocycles. The molecule has 0 radical (unpaired) electrons. The first-order chi connectivity index (χ1) is 15.5. The van der Waals surface area contributed by atoms with E-state index < -0.39 is 17.6 Å². The Balaban J connectivity index is 1.33. The molecule has 1 saturated heterocycles. The van der Waals surface area contributed by atoms with Gasteiger partial charge in [0.05, 0.1) is 5.56 Å². The number of benzene rings is 2. The zero-order valence-electron chi connectivity index (χ0n) is 17.2. The molecule has 0 amide bonds. The number of carboxylic acid groups (broad SMARTS) is 1. The summed E-state index contributed by atoms with van der Waals surface area (Å²) in [5.74, 6) is -1.88. The molecule has 2 N–H and O–H groups in total. The van der Waals surface area contributed by atoms with Gasteiger partial charge in [0.2, 0.25) is 0 Å². The number of carboxylic acids is 1. The number of rotatable bonds is 5. The van der Waals surface area contributed by atoms with Crippen LogP contribution >= 0.6 is 0 Å². The number of carbonyl (C=O) groups is 1. The molecule has 32 heavy (non-hydrogen) atoms. The van der Waals surface area contributed by atoms with Crippen LogP contribution in [0.1, 0.15) is 15.9 Å². The summed E-state index contributed by atoms with van der Waals surface area (Å²) in [6.45, 7) is 3.84. The highest BCUT2D eigenvalue weighted by Crippen LogP contribution is 2.31. The zero-order valence-corrected chi connectivity index (χ0v) is 17.2. The molecule has 0 saturated carbocycles. The minimum atomic E-state index is -0.994. The van der Waals surface area contributed by atoms with E-state index in [4.69, 9.17) is 0 Å². The van der Waals surface area contributed by atoms with Gasteiger partial charge in [-0.05, 0) is 36.2 Å². The molecule has 1 aliphatic rings. The topological polar surface area (TPSA) is 85.4 Å². The van der Waals surface area contributed by atoms with Crippen LogP contribution in [0.15, 0.2) is 42.7 Å². The maximum absolute atomic E-state index is 13.4. The third-order valence-corrected chi connectivity index (χ3v) is 5.99. The number of H-pyrrole nitrogens is 1. The Morgan fingerprint density at radius 3 is 2.62 bits per heavy atom. The normalized spacial score (nSPS) is 15.0. The van der Waals surface area contributed by atoms with Crippen LogP contribution in [0.3, 0.4) is 0 Å². The molecule has 1 fully saturated rings. The highest BCUT2D eigenvalue weighted by molar-refractivity contribution is 6.16. The minimum absolute atomic E-state index is 0.209. The van der Waals surface area contributed by atoms with Gasteiger partial charge in [-0.25, -0.2) is 23.5 Å². The first-order valence-corrected chi connectivity index (χ1v) is 10.4. The summed E-state index contributed by atoms with van der Waals surface area (Å²) >= 11 is 0. The standard InChI is InChI=1S/C23H21F2N5O2/c24-16-5-4-14(12-17(16)25)6-7-29-8-10-30(11-9-29)22-21-20(26-13-27-22)19-15(23(31)32)2-1-3-18(19)28-21/h1-5,12-13,28H,6-11H2,(H,31,32). The quantitative estimate of drug-likeness (QED) is 0.498. The second-order valence-electron chi connectivity index (χ2n) is 7.91. The summed E-state index contributed by atoms with van der Waals surface area (Å²) in [7, 11) is 0. The Morgan fingerprint density at radius 1 is 1.06 bits per heavy atom. The molecular weight excluding hydrogens is 416 g/mol. The van der Waals surface area contributed by atoms with Gasteiger partial charge in [0, 0.05) is 43.6 Å². The van der Waals surface area contributed by atoms with Gasteiger partial charge in [-0.1, -0.05) is 12.1 Å². The second-order valence-corrected chi connectivity index (χ2v) is 7.91. The number of anilines is 1. The molecule has 0 atom stereocenters. The fourth-order valence-corrected chi connectivity index (χ4v) is 4.31. The molecule has 5 rings (SSSR count). The number of hydrogen-bond donors (Lipinski definition) is 2. The van der Waals surface area contributed by atoms with Crippen molar-refractivity contribution in [2.45, 2.75) is 6.42 Å². The Morgan fingerprint density at radius 2 is 1.88 bits per heavy atom. The smallest absolute Gasteiger partial charge is 0.336 e. The van der Waals surface area contributed by atoms with Gasteiger partial charge in [0.25, 0.3) is 0 Å². The van der Waals surface area contributed by atoms with E-state index in [1.807, 2.05) is 6.07 Å². The Hall–Kier alpha value is -3.59. The van der Waals surface area contributed by atoms with Crippen molar-refractivity contribution in [3.8, 4) is 0 Å². The number of fused-ring (bicyclic) bond motifs is 3. The van der Waals surface area contributed by atoms with E-state index in [1.54, 1.807) is 18.2 Å². The third-order valence-electron chi connectivity index (χ3n) is 5.99. The summed E-state index contributed by atoms with van der Waals surface area (Å²) in [6, 6.07) is 9.16. The first kappa shape index (κ1) is 20.3. The molecule has 164 valence electrons. The number of piperazine rings is 1. The molecule has 0 spiro atoms. The second kappa shape index (κ2) is 8.16. The van der Waals surface area contributed by atoms with Crippen molar-refractivity contribution >= 4 is 33.7 Å². The third kappa shape index (κ3) is 3.64. The van der Waals surface area contributed by atoms with Crippen LogP contribution < -0.4 is 4.90 Å². The average Bonchev–Trinajstić information content (AvgIpc) is 3.19. The minimum Gasteiger partial charge on any atom is -0.478 e. The Labute approximate surface area is 182 Å². The molecule has 7 nitrogen and oxygen atoms in total. The highest BCUT2D eigenvalue weighted by atomic mass is 19.2. The SMILES string of the molecule is O=C(O)c1cccc2[nH]c3c(N4CCN(CCc5ccc(F)c(F)c5)CC4)ncnc3c12. The van der Waals surface area contributed by atoms with Crippen molar-refractivity contribution in [1.29, 1.82) is 0 Å². The molecule has 9 heteroatoms. The molecule has 0 aliphatic carbocycles. The van der Waals surface area contributed by atoms with Crippen LogP contribution in [-0.4, -0.2) is 63.7 Å². The summed E-state index contributed by atoms with van der Waals surface area (Å²) in [5, 5.41) is 10.1. The van der Waals surface area contributed by atoms with Crippen LogP contribution in [0.2, 0.25) is 0 Å². The van der Waals surface area contributed by atoms with Crippen LogP contribution in [0.25, 0.3) is 21.9 Å². The van der Waals surface area contributed by atoms with Crippen molar-refractivity contribution in [2.75, 3.05) is 37.6 Å². The first-order valence-electron chi connectivity index (χ1n) is 10.4. The van der Waals surface area contributed by atoms with E-state index in [0.29, 0.717) is 22.8 Å². The summed E-state index contributed by atoms with van der Waals surface area (Å²) in [6.07, 6.45) is 2.12. The van der Waals surface area contributed by atoms with Gasteiger partial charge >= 0.3 is 5.97 Å². The largest absolute Gasteiger partial charge is 0.478 e. The number of nitrogens with one attached hydrogen (secondary N) is 1. The molecule has 3 heterocycles. The van der Waals surface area contributed by atoms with Gasteiger partial charge in [-0.2, -0.15) is 0 Å². The average molecular weight is 437 g/mol. The number of aromatic carboxylic acids is 1. The molecule has 0 bridgehead atoms. The maximum atomic E-state index is 13.4. The van der Waals surface area contributed by atoms with E-state index in [2.05, 4.69) is 24.8 Å². The number of nitrogens with zero attached hydrogens (tertiary/aromatic N) is 4. The van der Waals surface area contributed by atoms with Gasteiger partial charge in [0.15, 0.2) is 17.5 Å². The van der Waals surface area contributed by atoms with Crippen LogP contribution in [0, 0.1) is 11.6 Å². The van der Waals surface area contributed by atoms with Gasteiger partial charge in [0.1, 0.15) is 17.4 Å². The fourth-order valence-electron chi connectivity index (χ4n) is 4.31. The van der Waals surface area contributed by atoms with Crippen LogP contribution in [-0.2, 0) is 6.42 Å². The summed E-state index contributed by atoms with van der Waals surface area (Å²) in [5.41, 5.74) is 3.03. The lowest BCUT2D eigenvalue weighted by molar-refractivity contribution is 0.0699. The van der Waals surface area contributed by atoms with Crippen molar-refractivity contribution in [1.82, 2.24) is 19.9 Å². The lowest BCUT2D eigenvalue weighted by Gasteiger charge is -2.35. The van der Waals surface area contributed by atoms with Crippen molar-refractivity contribution in [2.24, 2.45) is 0 Å². The van der Waals surface area contributed by atoms with Crippen molar-refractivity contribution < 1.29 is 18.7 Å². The summed E-state index contributed by atoms with van der Waals surface area (Å²) < 4.78 is 26.5. The van der Waals surface area contributed by atoms with E-state index in [1.165, 1.54) is 18.5 Å². The number of aromatic amines is 1. The van der Waals surface area contributed by atoms with E-state index in [9.17, 15) is 18.7 Å². The highest BCUT2D eigenvalue weighted by Gasteiger charge is 2.23. The lowest BCUT2D eigenvalue weighted by Crippen LogP contribution is -2.47. The predicted molar refractivity (Wildman–Crippen MR) is 117 cm³/mol.